The number of ether oxygens (including phenoxy) is 1. The smallest absolute Gasteiger partial charge is 0.194 e. The molecule has 0 spiro atoms. The van der Waals surface area contributed by atoms with Gasteiger partial charge in [-0.2, -0.15) is 0 Å². The number of aryl methyl sites for hydroxylation is 1. The molecule has 2 N–H and O–H groups in total. The molecule has 1 saturated heterocycles. The third-order valence-electron chi connectivity index (χ3n) is 7.77. The Labute approximate surface area is 222 Å². The molecule has 38 heavy (non-hydrogen) atoms. The summed E-state index contributed by atoms with van der Waals surface area (Å²) in [5, 5.41) is 14.4. The normalized spacial score (nSPS) is 15.6. The van der Waals surface area contributed by atoms with Crippen LogP contribution in [0.4, 0.5) is 24.5 Å². The SMILES string of the molecule is COc1ccc2ncc(N(C)C)c(CCCC3(CO)CCN(CCNc4cc(F)c(F)c(F)c4)CC3)c2c1. The molecule has 1 aliphatic rings. The van der Waals surface area contributed by atoms with Gasteiger partial charge in [0.05, 0.1) is 24.5 Å². The quantitative estimate of drug-likeness (QED) is 0.331. The summed E-state index contributed by atoms with van der Waals surface area (Å²) in [5.74, 6) is -3.05. The van der Waals surface area contributed by atoms with Crippen LogP contribution >= 0.6 is 0 Å². The summed E-state index contributed by atoms with van der Waals surface area (Å²) in [4.78, 5) is 9.00. The van der Waals surface area contributed by atoms with E-state index < -0.39 is 17.5 Å². The van der Waals surface area contributed by atoms with Crippen LogP contribution in [0.15, 0.2) is 36.5 Å². The topological polar surface area (TPSA) is 60.9 Å². The highest BCUT2D eigenvalue weighted by Gasteiger charge is 2.33. The monoisotopic (exact) mass is 530 g/mol. The molecule has 0 radical (unpaired) electrons. The van der Waals surface area contributed by atoms with Gasteiger partial charge < -0.3 is 25.0 Å². The number of nitrogens with one attached hydrogen (secondary N) is 1. The Hall–Kier alpha value is -3.04. The maximum atomic E-state index is 13.4. The zero-order chi connectivity index (χ0) is 27.3. The van der Waals surface area contributed by atoms with Crippen molar-refractivity contribution in [1.82, 2.24) is 9.88 Å². The minimum Gasteiger partial charge on any atom is -0.497 e. The van der Waals surface area contributed by atoms with Gasteiger partial charge in [0, 0.05) is 57.0 Å². The van der Waals surface area contributed by atoms with Crippen LogP contribution in [0.1, 0.15) is 31.2 Å². The second kappa shape index (κ2) is 12.2. The van der Waals surface area contributed by atoms with Crippen LogP contribution in [0.3, 0.4) is 0 Å². The van der Waals surface area contributed by atoms with Gasteiger partial charge in [-0.1, -0.05) is 0 Å². The number of methoxy groups -OCH3 is 1. The molecular formula is C29H37F3N4O2. The predicted molar refractivity (Wildman–Crippen MR) is 146 cm³/mol. The maximum absolute atomic E-state index is 13.4. The highest BCUT2D eigenvalue weighted by Crippen LogP contribution is 2.37. The van der Waals surface area contributed by atoms with E-state index in [-0.39, 0.29) is 17.7 Å². The third-order valence-corrected chi connectivity index (χ3v) is 7.77. The van der Waals surface area contributed by atoms with Gasteiger partial charge in [-0.25, -0.2) is 13.2 Å². The Kier molecular flexibility index (Phi) is 8.99. The number of piperidine rings is 1. The van der Waals surface area contributed by atoms with Gasteiger partial charge in [0.25, 0.3) is 0 Å². The highest BCUT2D eigenvalue weighted by molar-refractivity contribution is 5.88. The molecule has 0 bridgehead atoms. The molecule has 9 heteroatoms. The van der Waals surface area contributed by atoms with Gasteiger partial charge in [0.1, 0.15) is 5.75 Å². The maximum Gasteiger partial charge on any atom is 0.194 e. The Morgan fingerprint density at radius 1 is 1.11 bits per heavy atom. The number of pyridine rings is 1. The van der Waals surface area contributed by atoms with Crippen molar-refractivity contribution in [2.75, 3.05) is 64.2 Å². The summed E-state index contributed by atoms with van der Waals surface area (Å²) in [6.45, 7) is 3.01. The van der Waals surface area contributed by atoms with Crippen LogP contribution in [-0.4, -0.2) is 69.0 Å². The zero-order valence-corrected chi connectivity index (χ0v) is 22.4. The Morgan fingerprint density at radius 3 is 2.45 bits per heavy atom. The van der Waals surface area contributed by atoms with Crippen LogP contribution in [0.5, 0.6) is 5.75 Å². The molecule has 0 aliphatic carbocycles. The van der Waals surface area contributed by atoms with Crippen molar-refractivity contribution in [2.45, 2.75) is 32.1 Å². The van der Waals surface area contributed by atoms with Gasteiger partial charge in [0.2, 0.25) is 0 Å². The number of aromatic nitrogens is 1. The van der Waals surface area contributed by atoms with Crippen molar-refractivity contribution in [3.63, 3.8) is 0 Å². The van der Waals surface area contributed by atoms with Gasteiger partial charge in [-0.05, 0) is 74.4 Å². The predicted octanol–water partition coefficient (Wildman–Crippen LogP) is 5.24. The summed E-state index contributed by atoms with van der Waals surface area (Å²) in [7, 11) is 5.71. The van der Waals surface area contributed by atoms with E-state index in [1.165, 1.54) is 5.56 Å². The third kappa shape index (κ3) is 6.32. The largest absolute Gasteiger partial charge is 0.497 e. The van der Waals surface area contributed by atoms with Crippen molar-refractivity contribution in [3.8, 4) is 5.75 Å². The first-order valence-corrected chi connectivity index (χ1v) is 13.1. The van der Waals surface area contributed by atoms with Crippen LogP contribution in [0, 0.1) is 22.9 Å². The minimum atomic E-state index is -1.46. The number of aliphatic hydroxyl groups is 1. The number of aliphatic hydroxyl groups excluding tert-OH is 1. The summed E-state index contributed by atoms with van der Waals surface area (Å²) >= 11 is 0. The number of halogens is 3. The standard InChI is InChI=1S/C29H37F3N4O2/c1-35(2)27-18-34-26-7-6-21(38-3)17-23(26)22(27)5-4-8-29(19-37)9-12-36(13-10-29)14-11-33-20-15-24(30)28(32)25(31)16-20/h6-7,15-18,33,37H,4-5,8-14,19H2,1-3H3. The minimum absolute atomic E-state index is 0.119. The van der Waals surface area contributed by atoms with E-state index in [1.54, 1.807) is 7.11 Å². The fourth-order valence-corrected chi connectivity index (χ4v) is 5.39. The molecule has 206 valence electrons. The van der Waals surface area contributed by atoms with Gasteiger partial charge in [0.15, 0.2) is 17.5 Å². The van der Waals surface area contributed by atoms with E-state index in [4.69, 9.17) is 4.74 Å². The molecule has 1 aromatic heterocycles. The summed E-state index contributed by atoms with van der Waals surface area (Å²) in [5.41, 5.74) is 3.38. The summed E-state index contributed by atoms with van der Waals surface area (Å²) in [6, 6.07) is 7.90. The summed E-state index contributed by atoms with van der Waals surface area (Å²) in [6.07, 6.45) is 6.43. The Balaban J connectivity index is 1.33. The zero-order valence-electron chi connectivity index (χ0n) is 22.4. The van der Waals surface area contributed by atoms with Crippen molar-refractivity contribution in [3.05, 3.63) is 59.5 Å². The van der Waals surface area contributed by atoms with Crippen LogP contribution in [0.25, 0.3) is 10.9 Å². The van der Waals surface area contributed by atoms with Crippen molar-refractivity contribution < 1.29 is 23.0 Å². The van der Waals surface area contributed by atoms with Gasteiger partial charge in [-0.15, -0.1) is 0 Å². The molecule has 6 nitrogen and oxygen atoms in total. The molecule has 0 amide bonds. The lowest BCUT2D eigenvalue weighted by molar-refractivity contribution is 0.0370. The number of hydrogen-bond acceptors (Lipinski definition) is 6. The number of fused-ring (bicyclic) bond motifs is 1. The molecule has 3 aromatic rings. The molecule has 0 saturated carbocycles. The van der Waals surface area contributed by atoms with Crippen molar-refractivity contribution in [2.24, 2.45) is 5.41 Å². The Bertz CT molecular complexity index is 1220. The first kappa shape index (κ1) is 28.0. The molecule has 2 heterocycles. The second-order valence-electron chi connectivity index (χ2n) is 10.4. The lowest BCUT2D eigenvalue weighted by atomic mass is 9.75. The highest BCUT2D eigenvalue weighted by atomic mass is 19.2. The molecule has 1 aliphatic heterocycles. The number of rotatable bonds is 11. The number of hydrogen-bond donors (Lipinski definition) is 2. The van der Waals surface area contributed by atoms with Crippen molar-refractivity contribution in [1.29, 1.82) is 0 Å². The first-order chi connectivity index (χ1) is 18.2. The van der Waals surface area contributed by atoms with E-state index in [0.29, 0.717) is 13.1 Å². The number of likely N-dealkylation sites (tertiary alicyclic amines) is 1. The van der Waals surface area contributed by atoms with Gasteiger partial charge in [-0.3, -0.25) is 4.98 Å². The molecular weight excluding hydrogens is 493 g/mol. The van der Waals surface area contributed by atoms with Gasteiger partial charge >= 0.3 is 0 Å². The van der Waals surface area contributed by atoms with E-state index >= 15 is 0 Å². The first-order valence-electron chi connectivity index (χ1n) is 13.1. The number of nitrogens with zero attached hydrogens (tertiary/aromatic N) is 3. The van der Waals surface area contributed by atoms with Crippen LogP contribution < -0.4 is 15.0 Å². The lowest BCUT2D eigenvalue weighted by Crippen LogP contribution is -2.43. The molecule has 1 fully saturated rings. The van der Waals surface area contributed by atoms with E-state index in [9.17, 15) is 18.3 Å². The lowest BCUT2D eigenvalue weighted by Gasteiger charge is -2.41. The molecule has 4 rings (SSSR count). The van der Waals surface area contributed by atoms with Crippen LogP contribution in [-0.2, 0) is 6.42 Å². The number of benzene rings is 2. The second-order valence-corrected chi connectivity index (χ2v) is 10.4. The van der Waals surface area contributed by atoms with Crippen molar-refractivity contribution >= 4 is 22.3 Å². The molecule has 0 unspecified atom stereocenters. The summed E-state index contributed by atoms with van der Waals surface area (Å²) < 4.78 is 45.5. The molecule has 2 aromatic carbocycles. The average molecular weight is 531 g/mol. The fraction of sp³-hybridized carbons (Fsp3) is 0.483. The molecule has 0 atom stereocenters. The average Bonchev–Trinajstić information content (AvgIpc) is 2.92. The number of anilines is 2. The Morgan fingerprint density at radius 2 is 1.82 bits per heavy atom. The van der Waals surface area contributed by atoms with Crippen LogP contribution in [0.2, 0.25) is 0 Å². The van der Waals surface area contributed by atoms with E-state index in [2.05, 4.69) is 20.1 Å². The van der Waals surface area contributed by atoms with E-state index in [0.717, 1.165) is 79.7 Å². The van der Waals surface area contributed by atoms with E-state index in [1.807, 2.05) is 38.5 Å². The fourth-order valence-electron chi connectivity index (χ4n) is 5.39.